The fourth-order valence-electron chi connectivity index (χ4n) is 2.00. The fraction of sp³-hybridized carbons (Fsp3) is 0.333. The summed E-state index contributed by atoms with van der Waals surface area (Å²) in [4.78, 5) is 28.0. The van der Waals surface area contributed by atoms with Crippen molar-refractivity contribution in [3.63, 3.8) is 0 Å². The van der Waals surface area contributed by atoms with Crippen molar-refractivity contribution < 1.29 is 9.59 Å². The van der Waals surface area contributed by atoms with E-state index in [4.69, 9.17) is 0 Å². The van der Waals surface area contributed by atoms with Crippen molar-refractivity contribution in [2.45, 2.75) is 19.9 Å². The molecule has 0 aliphatic heterocycles. The summed E-state index contributed by atoms with van der Waals surface area (Å²) < 4.78 is 1.49. The zero-order valence-corrected chi connectivity index (χ0v) is 12.8. The Kier molecular flexibility index (Phi) is 4.88. The molecule has 0 bridgehead atoms. The maximum atomic E-state index is 12.3. The molecule has 0 aliphatic carbocycles. The SMILES string of the molecule is CCNC(=O)C(C)NC(=O)c1cc(-c2cccnc2)nn1C. The number of aryl methyl sites for hydroxylation is 1. The van der Waals surface area contributed by atoms with Crippen LogP contribution in [0.2, 0.25) is 0 Å². The molecule has 0 aliphatic rings. The smallest absolute Gasteiger partial charge is 0.270 e. The third kappa shape index (κ3) is 3.49. The molecule has 2 heterocycles. The third-order valence-corrected chi connectivity index (χ3v) is 3.16. The summed E-state index contributed by atoms with van der Waals surface area (Å²) in [6, 6.07) is 4.75. The quantitative estimate of drug-likeness (QED) is 0.852. The van der Waals surface area contributed by atoms with Gasteiger partial charge in [0.25, 0.3) is 5.91 Å². The summed E-state index contributed by atoms with van der Waals surface area (Å²) >= 11 is 0. The molecule has 0 saturated carbocycles. The Labute approximate surface area is 128 Å². The molecule has 7 nitrogen and oxygen atoms in total. The van der Waals surface area contributed by atoms with Gasteiger partial charge in [0.05, 0.1) is 5.69 Å². The number of hydrogen-bond donors (Lipinski definition) is 2. The van der Waals surface area contributed by atoms with E-state index in [2.05, 4.69) is 20.7 Å². The van der Waals surface area contributed by atoms with E-state index in [0.29, 0.717) is 17.9 Å². The predicted octanol–water partition coefficient (Wildman–Crippen LogP) is 0.736. The van der Waals surface area contributed by atoms with Gasteiger partial charge in [-0.15, -0.1) is 0 Å². The van der Waals surface area contributed by atoms with E-state index in [0.717, 1.165) is 5.56 Å². The molecule has 0 spiro atoms. The molecule has 0 fully saturated rings. The number of hydrogen-bond acceptors (Lipinski definition) is 4. The highest BCUT2D eigenvalue weighted by molar-refractivity contribution is 5.96. The van der Waals surface area contributed by atoms with E-state index in [9.17, 15) is 9.59 Å². The van der Waals surface area contributed by atoms with Crippen LogP contribution in [0.25, 0.3) is 11.3 Å². The second kappa shape index (κ2) is 6.84. The Morgan fingerprint density at radius 3 is 2.82 bits per heavy atom. The van der Waals surface area contributed by atoms with E-state index < -0.39 is 6.04 Å². The second-order valence-electron chi connectivity index (χ2n) is 4.87. The number of carbonyl (C=O) groups is 2. The summed E-state index contributed by atoms with van der Waals surface area (Å²) in [5.41, 5.74) is 1.87. The first kappa shape index (κ1) is 15.7. The number of rotatable bonds is 5. The number of pyridine rings is 1. The number of likely N-dealkylation sites (N-methyl/N-ethyl adjacent to an activating group) is 1. The summed E-state index contributed by atoms with van der Waals surface area (Å²) in [6.45, 7) is 3.99. The molecule has 7 heteroatoms. The van der Waals surface area contributed by atoms with Crippen molar-refractivity contribution in [1.29, 1.82) is 0 Å². The van der Waals surface area contributed by atoms with Gasteiger partial charge in [0, 0.05) is 31.5 Å². The van der Waals surface area contributed by atoms with Gasteiger partial charge in [-0.25, -0.2) is 0 Å². The van der Waals surface area contributed by atoms with E-state index in [1.54, 1.807) is 38.5 Å². The lowest BCUT2D eigenvalue weighted by molar-refractivity contribution is -0.122. The number of carbonyl (C=O) groups excluding carboxylic acids is 2. The van der Waals surface area contributed by atoms with Gasteiger partial charge in [-0.3, -0.25) is 19.3 Å². The van der Waals surface area contributed by atoms with Crippen molar-refractivity contribution in [3.05, 3.63) is 36.3 Å². The summed E-state index contributed by atoms with van der Waals surface area (Å²) in [5, 5.41) is 9.63. The van der Waals surface area contributed by atoms with Crippen molar-refractivity contribution in [3.8, 4) is 11.3 Å². The first-order valence-corrected chi connectivity index (χ1v) is 7.06. The highest BCUT2D eigenvalue weighted by Crippen LogP contribution is 2.17. The Hall–Kier alpha value is -2.70. The monoisotopic (exact) mass is 301 g/mol. The van der Waals surface area contributed by atoms with Crippen LogP contribution in [0, 0.1) is 0 Å². The van der Waals surface area contributed by atoms with Gasteiger partial charge in [0.2, 0.25) is 5.91 Å². The van der Waals surface area contributed by atoms with Crippen LogP contribution < -0.4 is 10.6 Å². The minimum Gasteiger partial charge on any atom is -0.355 e. The Balaban J connectivity index is 2.14. The lowest BCUT2D eigenvalue weighted by Crippen LogP contribution is -2.45. The summed E-state index contributed by atoms with van der Waals surface area (Å²) in [5.74, 6) is -0.561. The molecular weight excluding hydrogens is 282 g/mol. The van der Waals surface area contributed by atoms with Crippen molar-refractivity contribution in [2.24, 2.45) is 7.05 Å². The predicted molar refractivity (Wildman–Crippen MR) is 82.1 cm³/mol. The molecule has 1 unspecified atom stereocenters. The molecule has 116 valence electrons. The third-order valence-electron chi connectivity index (χ3n) is 3.16. The summed E-state index contributed by atoms with van der Waals surface area (Å²) in [6.07, 6.45) is 3.36. The van der Waals surface area contributed by atoms with E-state index in [1.807, 2.05) is 13.0 Å². The van der Waals surface area contributed by atoms with Crippen LogP contribution in [0.5, 0.6) is 0 Å². The van der Waals surface area contributed by atoms with Crippen LogP contribution in [0.3, 0.4) is 0 Å². The highest BCUT2D eigenvalue weighted by atomic mass is 16.2. The Morgan fingerprint density at radius 1 is 1.41 bits per heavy atom. The van der Waals surface area contributed by atoms with Crippen LogP contribution in [0.1, 0.15) is 24.3 Å². The van der Waals surface area contributed by atoms with Crippen LogP contribution in [0.15, 0.2) is 30.6 Å². The second-order valence-corrected chi connectivity index (χ2v) is 4.87. The van der Waals surface area contributed by atoms with Crippen LogP contribution >= 0.6 is 0 Å². The molecule has 0 aromatic carbocycles. The van der Waals surface area contributed by atoms with Crippen molar-refractivity contribution in [2.75, 3.05) is 6.54 Å². The van der Waals surface area contributed by atoms with Crippen LogP contribution in [-0.2, 0) is 11.8 Å². The normalized spacial score (nSPS) is 11.8. The zero-order chi connectivity index (χ0) is 16.1. The minimum absolute atomic E-state index is 0.217. The van der Waals surface area contributed by atoms with Crippen LogP contribution in [-0.4, -0.2) is 39.2 Å². The standard InChI is InChI=1S/C15H19N5O2/c1-4-17-14(21)10(2)18-15(22)13-8-12(19-20(13)3)11-6-5-7-16-9-11/h5-10H,4H2,1-3H3,(H,17,21)(H,18,22). The Morgan fingerprint density at radius 2 is 2.18 bits per heavy atom. The minimum atomic E-state index is -0.607. The molecule has 2 rings (SSSR count). The van der Waals surface area contributed by atoms with E-state index >= 15 is 0 Å². The van der Waals surface area contributed by atoms with E-state index in [1.165, 1.54) is 4.68 Å². The van der Waals surface area contributed by atoms with Gasteiger partial charge in [-0.1, -0.05) is 0 Å². The number of nitrogens with one attached hydrogen (secondary N) is 2. The first-order chi connectivity index (χ1) is 10.5. The van der Waals surface area contributed by atoms with Crippen molar-refractivity contribution >= 4 is 11.8 Å². The van der Waals surface area contributed by atoms with Gasteiger partial charge in [0.15, 0.2) is 0 Å². The molecule has 0 radical (unpaired) electrons. The van der Waals surface area contributed by atoms with Gasteiger partial charge in [0.1, 0.15) is 11.7 Å². The molecule has 1 atom stereocenters. The van der Waals surface area contributed by atoms with Gasteiger partial charge in [-0.05, 0) is 32.0 Å². The van der Waals surface area contributed by atoms with Gasteiger partial charge in [-0.2, -0.15) is 5.10 Å². The number of aromatic nitrogens is 3. The molecule has 22 heavy (non-hydrogen) atoms. The maximum absolute atomic E-state index is 12.3. The average molecular weight is 301 g/mol. The molecular formula is C15H19N5O2. The number of nitrogens with zero attached hydrogens (tertiary/aromatic N) is 3. The lowest BCUT2D eigenvalue weighted by Gasteiger charge is -2.13. The van der Waals surface area contributed by atoms with E-state index in [-0.39, 0.29) is 11.8 Å². The Bertz CT molecular complexity index is 666. The molecule has 2 aromatic rings. The maximum Gasteiger partial charge on any atom is 0.270 e. The first-order valence-electron chi connectivity index (χ1n) is 7.06. The molecule has 2 amide bonds. The molecule has 0 saturated heterocycles. The highest BCUT2D eigenvalue weighted by Gasteiger charge is 2.19. The molecule has 2 aromatic heterocycles. The van der Waals surface area contributed by atoms with Crippen LogP contribution in [0.4, 0.5) is 0 Å². The topological polar surface area (TPSA) is 88.9 Å². The largest absolute Gasteiger partial charge is 0.355 e. The lowest BCUT2D eigenvalue weighted by atomic mass is 10.2. The molecule has 2 N–H and O–H groups in total. The number of amides is 2. The zero-order valence-electron chi connectivity index (χ0n) is 12.8. The average Bonchev–Trinajstić information content (AvgIpc) is 2.90. The fourth-order valence-corrected chi connectivity index (χ4v) is 2.00. The van der Waals surface area contributed by atoms with Gasteiger partial charge >= 0.3 is 0 Å². The summed E-state index contributed by atoms with van der Waals surface area (Å²) in [7, 11) is 1.69. The van der Waals surface area contributed by atoms with Crippen molar-refractivity contribution in [1.82, 2.24) is 25.4 Å². The van der Waals surface area contributed by atoms with Gasteiger partial charge < -0.3 is 10.6 Å².